The van der Waals surface area contributed by atoms with Gasteiger partial charge in [0.2, 0.25) is 0 Å². The Labute approximate surface area is 80.6 Å². The molecule has 0 unspecified atom stereocenters. The molecular formula is C10H21NO2. The van der Waals surface area contributed by atoms with Gasteiger partial charge in [-0.15, -0.1) is 0 Å². The molecule has 0 aliphatic rings. The number of rotatable bonds is 6. The highest BCUT2D eigenvalue weighted by atomic mass is 16.5. The fourth-order valence-corrected chi connectivity index (χ4v) is 0.796. The molecule has 0 fully saturated rings. The summed E-state index contributed by atoms with van der Waals surface area (Å²) in [7, 11) is 0. The number of nitrogens with two attached hydrogens (primary N) is 1. The van der Waals surface area contributed by atoms with Gasteiger partial charge in [-0.25, -0.2) is 0 Å². The molecule has 0 spiro atoms. The molecule has 0 saturated heterocycles. The standard InChI is InChI=1S/C10H21NO2/c1-4-5-6-7-13-9(12)10(2,3)8-11/h4-8,11H2,1-3H3. The van der Waals surface area contributed by atoms with Crippen molar-refractivity contribution >= 4 is 5.97 Å². The van der Waals surface area contributed by atoms with E-state index < -0.39 is 5.41 Å². The van der Waals surface area contributed by atoms with E-state index in [0.717, 1.165) is 19.3 Å². The maximum absolute atomic E-state index is 11.4. The zero-order valence-electron chi connectivity index (χ0n) is 8.93. The molecule has 0 saturated carbocycles. The molecule has 0 radical (unpaired) electrons. The van der Waals surface area contributed by atoms with Gasteiger partial charge in [-0.05, 0) is 20.3 Å². The van der Waals surface area contributed by atoms with Crippen molar-refractivity contribution in [1.29, 1.82) is 0 Å². The number of esters is 1. The van der Waals surface area contributed by atoms with E-state index in [2.05, 4.69) is 6.92 Å². The molecule has 78 valence electrons. The predicted octanol–water partition coefficient (Wildman–Crippen LogP) is 1.70. The summed E-state index contributed by atoms with van der Waals surface area (Å²) in [6, 6.07) is 0. The quantitative estimate of drug-likeness (QED) is 0.508. The first-order chi connectivity index (χ1) is 6.04. The lowest BCUT2D eigenvalue weighted by Crippen LogP contribution is -2.34. The van der Waals surface area contributed by atoms with Crippen LogP contribution in [0.2, 0.25) is 0 Å². The summed E-state index contributed by atoms with van der Waals surface area (Å²) in [4.78, 5) is 11.4. The van der Waals surface area contributed by atoms with Crippen LogP contribution in [0, 0.1) is 5.41 Å². The number of carbonyl (C=O) groups excluding carboxylic acids is 1. The smallest absolute Gasteiger partial charge is 0.312 e. The van der Waals surface area contributed by atoms with Crippen molar-refractivity contribution in [2.24, 2.45) is 11.1 Å². The van der Waals surface area contributed by atoms with Gasteiger partial charge in [-0.1, -0.05) is 19.8 Å². The van der Waals surface area contributed by atoms with Gasteiger partial charge in [0, 0.05) is 6.54 Å². The van der Waals surface area contributed by atoms with Gasteiger partial charge in [-0.2, -0.15) is 0 Å². The van der Waals surface area contributed by atoms with Crippen molar-refractivity contribution in [2.75, 3.05) is 13.2 Å². The van der Waals surface area contributed by atoms with E-state index in [9.17, 15) is 4.79 Å². The molecule has 0 aromatic rings. The second-order valence-electron chi connectivity index (χ2n) is 3.93. The Morgan fingerprint density at radius 3 is 2.46 bits per heavy atom. The van der Waals surface area contributed by atoms with Gasteiger partial charge in [0.15, 0.2) is 0 Å². The molecule has 0 bridgehead atoms. The monoisotopic (exact) mass is 187 g/mol. The molecule has 0 aromatic carbocycles. The second kappa shape index (κ2) is 5.97. The van der Waals surface area contributed by atoms with Gasteiger partial charge >= 0.3 is 5.97 Å². The lowest BCUT2D eigenvalue weighted by molar-refractivity contribution is -0.153. The van der Waals surface area contributed by atoms with Crippen molar-refractivity contribution in [1.82, 2.24) is 0 Å². The van der Waals surface area contributed by atoms with Crippen LogP contribution in [0.5, 0.6) is 0 Å². The first kappa shape index (κ1) is 12.4. The van der Waals surface area contributed by atoms with E-state index in [1.54, 1.807) is 13.8 Å². The largest absolute Gasteiger partial charge is 0.465 e. The van der Waals surface area contributed by atoms with Crippen molar-refractivity contribution in [3.05, 3.63) is 0 Å². The minimum Gasteiger partial charge on any atom is -0.465 e. The van der Waals surface area contributed by atoms with Crippen LogP contribution in [-0.4, -0.2) is 19.1 Å². The molecule has 0 aliphatic carbocycles. The molecule has 13 heavy (non-hydrogen) atoms. The summed E-state index contributed by atoms with van der Waals surface area (Å²) in [5.74, 6) is -0.189. The predicted molar refractivity (Wildman–Crippen MR) is 53.3 cm³/mol. The minimum atomic E-state index is -0.536. The number of carbonyl (C=O) groups is 1. The molecule has 0 aliphatic heterocycles. The second-order valence-corrected chi connectivity index (χ2v) is 3.93. The van der Waals surface area contributed by atoms with Crippen LogP contribution in [0.25, 0.3) is 0 Å². The van der Waals surface area contributed by atoms with Crippen LogP contribution in [0.1, 0.15) is 40.0 Å². The Balaban J connectivity index is 3.62. The van der Waals surface area contributed by atoms with E-state index >= 15 is 0 Å². The van der Waals surface area contributed by atoms with E-state index in [1.165, 1.54) is 0 Å². The van der Waals surface area contributed by atoms with Gasteiger partial charge < -0.3 is 10.5 Å². The third-order valence-corrected chi connectivity index (χ3v) is 2.04. The summed E-state index contributed by atoms with van der Waals surface area (Å²) in [6.45, 7) is 6.58. The normalized spacial score (nSPS) is 11.4. The lowest BCUT2D eigenvalue weighted by atomic mass is 9.94. The maximum atomic E-state index is 11.4. The lowest BCUT2D eigenvalue weighted by Gasteiger charge is -2.19. The Morgan fingerprint density at radius 2 is 2.00 bits per heavy atom. The zero-order valence-corrected chi connectivity index (χ0v) is 8.93. The van der Waals surface area contributed by atoms with Crippen LogP contribution < -0.4 is 5.73 Å². The van der Waals surface area contributed by atoms with E-state index in [1.807, 2.05) is 0 Å². The highest BCUT2D eigenvalue weighted by molar-refractivity contribution is 5.76. The summed E-state index contributed by atoms with van der Waals surface area (Å²) in [6.07, 6.45) is 3.19. The molecular weight excluding hydrogens is 166 g/mol. The van der Waals surface area contributed by atoms with E-state index in [4.69, 9.17) is 10.5 Å². The fraction of sp³-hybridized carbons (Fsp3) is 0.900. The Kier molecular flexibility index (Phi) is 5.71. The Bertz CT molecular complexity index is 155. The molecule has 0 heterocycles. The summed E-state index contributed by atoms with van der Waals surface area (Å²) >= 11 is 0. The highest BCUT2D eigenvalue weighted by Crippen LogP contribution is 2.14. The van der Waals surface area contributed by atoms with Crippen LogP contribution in [0.15, 0.2) is 0 Å². The SMILES string of the molecule is CCCCCOC(=O)C(C)(C)CN. The third-order valence-electron chi connectivity index (χ3n) is 2.04. The number of unbranched alkanes of at least 4 members (excludes halogenated alkanes) is 2. The van der Waals surface area contributed by atoms with Gasteiger partial charge in [0.25, 0.3) is 0 Å². The molecule has 0 atom stereocenters. The molecule has 0 aromatic heterocycles. The first-order valence-electron chi connectivity index (χ1n) is 4.92. The number of ether oxygens (including phenoxy) is 1. The van der Waals surface area contributed by atoms with Crippen molar-refractivity contribution < 1.29 is 9.53 Å². The van der Waals surface area contributed by atoms with Crippen molar-refractivity contribution in [2.45, 2.75) is 40.0 Å². The van der Waals surface area contributed by atoms with Crippen molar-refractivity contribution in [3.63, 3.8) is 0 Å². The fourth-order valence-electron chi connectivity index (χ4n) is 0.796. The number of hydrogen-bond acceptors (Lipinski definition) is 3. The topological polar surface area (TPSA) is 52.3 Å². The van der Waals surface area contributed by atoms with Crippen LogP contribution >= 0.6 is 0 Å². The van der Waals surface area contributed by atoms with Crippen molar-refractivity contribution in [3.8, 4) is 0 Å². The maximum Gasteiger partial charge on any atom is 0.312 e. The van der Waals surface area contributed by atoms with E-state index in [0.29, 0.717) is 13.2 Å². The average molecular weight is 187 g/mol. The Hall–Kier alpha value is -0.570. The third kappa shape index (κ3) is 4.88. The highest BCUT2D eigenvalue weighted by Gasteiger charge is 2.27. The first-order valence-corrected chi connectivity index (χ1v) is 4.92. The Morgan fingerprint density at radius 1 is 1.38 bits per heavy atom. The van der Waals surface area contributed by atoms with Crippen LogP contribution in [0.4, 0.5) is 0 Å². The van der Waals surface area contributed by atoms with Gasteiger partial charge in [-0.3, -0.25) is 4.79 Å². The molecule has 3 nitrogen and oxygen atoms in total. The molecule has 0 amide bonds. The zero-order chi connectivity index (χ0) is 10.3. The van der Waals surface area contributed by atoms with Crippen LogP contribution in [-0.2, 0) is 9.53 Å². The number of hydrogen-bond donors (Lipinski definition) is 1. The molecule has 3 heteroatoms. The van der Waals surface area contributed by atoms with E-state index in [-0.39, 0.29) is 5.97 Å². The van der Waals surface area contributed by atoms with Gasteiger partial charge in [0.1, 0.15) is 0 Å². The summed E-state index contributed by atoms with van der Waals surface area (Å²) in [5, 5.41) is 0. The van der Waals surface area contributed by atoms with Crippen LogP contribution in [0.3, 0.4) is 0 Å². The average Bonchev–Trinajstić information content (AvgIpc) is 2.12. The molecule has 2 N–H and O–H groups in total. The summed E-state index contributed by atoms with van der Waals surface area (Å²) in [5.41, 5.74) is 4.90. The van der Waals surface area contributed by atoms with Gasteiger partial charge in [0.05, 0.1) is 12.0 Å². The molecule has 0 rings (SSSR count). The summed E-state index contributed by atoms with van der Waals surface area (Å²) < 4.78 is 5.08. The minimum absolute atomic E-state index is 0.189.